The third-order valence-electron chi connectivity index (χ3n) is 1.08. The molecule has 4 heteroatoms. The van der Waals surface area contributed by atoms with Crippen molar-refractivity contribution in [2.24, 2.45) is 0 Å². The average molecular weight is 200 g/mol. The van der Waals surface area contributed by atoms with Crippen LogP contribution in [0.5, 0.6) is 0 Å². The van der Waals surface area contributed by atoms with E-state index in [0.717, 1.165) is 11.8 Å². The lowest BCUT2D eigenvalue weighted by Gasteiger charge is -2.01. The summed E-state index contributed by atoms with van der Waals surface area (Å²) in [4.78, 5) is 9.89. The molecule has 1 unspecified atom stereocenters. The molecule has 0 saturated carbocycles. The first-order valence-electron chi connectivity index (χ1n) is 3.62. The summed E-state index contributed by atoms with van der Waals surface area (Å²) in [5.74, 6) is -0.833. The van der Waals surface area contributed by atoms with Crippen molar-refractivity contribution in [2.75, 3.05) is 6.26 Å². The fourth-order valence-corrected chi connectivity index (χ4v) is 1.15. The number of rotatable bonds is 1. The highest BCUT2D eigenvalue weighted by Gasteiger charge is 1.98. The Hall–Kier alpha value is -1.00. The Morgan fingerprint density at radius 3 is 2.00 bits per heavy atom. The molecule has 1 aromatic rings. The largest absolute Gasteiger partial charge is 0.612 e. The third kappa shape index (κ3) is 7.36. The van der Waals surface area contributed by atoms with Crippen molar-refractivity contribution in [2.45, 2.75) is 11.8 Å². The fraction of sp³-hybridized carbons (Fsp3) is 0.222. The zero-order valence-electron chi connectivity index (χ0n) is 7.56. The molecule has 1 rings (SSSR count). The second-order valence-corrected chi connectivity index (χ2v) is 3.67. The van der Waals surface area contributed by atoms with Gasteiger partial charge in [0, 0.05) is 6.92 Å². The molecule has 72 valence electrons. The standard InChI is InChI=1S/C7H8OS.C2H4O2/c1-9(8)7-5-3-2-4-6-7;1-2(3)4/h2-6H,1H3;1H3,(H,3,4). The van der Waals surface area contributed by atoms with Crippen LogP contribution in [0.2, 0.25) is 0 Å². The van der Waals surface area contributed by atoms with Crippen molar-refractivity contribution >= 4 is 17.1 Å². The lowest BCUT2D eigenvalue weighted by Crippen LogP contribution is -1.95. The Morgan fingerprint density at radius 2 is 1.77 bits per heavy atom. The quantitative estimate of drug-likeness (QED) is 0.699. The molecule has 0 bridgehead atoms. The zero-order chi connectivity index (χ0) is 10.3. The van der Waals surface area contributed by atoms with Gasteiger partial charge in [0.1, 0.15) is 6.26 Å². The van der Waals surface area contributed by atoms with E-state index in [9.17, 15) is 4.55 Å². The summed E-state index contributed by atoms with van der Waals surface area (Å²) in [6, 6.07) is 9.40. The first-order valence-corrected chi connectivity index (χ1v) is 5.18. The lowest BCUT2D eigenvalue weighted by molar-refractivity contribution is -0.134. The predicted octanol–water partition coefficient (Wildman–Crippen LogP) is 1.51. The number of hydrogen-bond donors (Lipinski definition) is 1. The summed E-state index contributed by atoms with van der Waals surface area (Å²) in [6.07, 6.45) is 1.68. The zero-order valence-corrected chi connectivity index (χ0v) is 8.38. The van der Waals surface area contributed by atoms with Crippen LogP contribution in [-0.2, 0) is 16.0 Å². The Morgan fingerprint density at radius 1 is 1.38 bits per heavy atom. The van der Waals surface area contributed by atoms with Crippen LogP contribution in [-0.4, -0.2) is 21.9 Å². The van der Waals surface area contributed by atoms with Crippen LogP contribution in [0.3, 0.4) is 0 Å². The van der Waals surface area contributed by atoms with E-state index in [1.54, 1.807) is 6.26 Å². The van der Waals surface area contributed by atoms with Gasteiger partial charge in [0.15, 0.2) is 4.90 Å². The van der Waals surface area contributed by atoms with Crippen molar-refractivity contribution < 1.29 is 14.5 Å². The van der Waals surface area contributed by atoms with Gasteiger partial charge in [-0.05, 0) is 23.3 Å². The maximum absolute atomic E-state index is 10.8. The molecular formula is C9H12O3S. The van der Waals surface area contributed by atoms with Crippen molar-refractivity contribution in [1.29, 1.82) is 0 Å². The van der Waals surface area contributed by atoms with Gasteiger partial charge in [-0.1, -0.05) is 18.2 Å². The first kappa shape index (κ1) is 12.0. The van der Waals surface area contributed by atoms with Crippen LogP contribution in [0.25, 0.3) is 0 Å². The molecule has 0 heterocycles. The van der Waals surface area contributed by atoms with E-state index in [1.165, 1.54) is 0 Å². The molecule has 0 aromatic heterocycles. The molecule has 0 aliphatic carbocycles. The van der Waals surface area contributed by atoms with Crippen LogP contribution in [0.1, 0.15) is 6.92 Å². The van der Waals surface area contributed by atoms with Crippen LogP contribution < -0.4 is 0 Å². The molecule has 13 heavy (non-hydrogen) atoms. The van der Waals surface area contributed by atoms with Gasteiger partial charge in [0.05, 0.1) is 0 Å². The van der Waals surface area contributed by atoms with Crippen molar-refractivity contribution in [3.05, 3.63) is 30.3 Å². The Balaban J connectivity index is 0.000000310. The van der Waals surface area contributed by atoms with Gasteiger partial charge in [0.2, 0.25) is 0 Å². The minimum Gasteiger partial charge on any atom is -0.612 e. The third-order valence-corrected chi connectivity index (χ3v) is 2.01. The Bertz CT molecular complexity index is 242. The minimum absolute atomic E-state index is 0.829. The van der Waals surface area contributed by atoms with E-state index in [-0.39, 0.29) is 0 Å². The number of hydrogen-bond acceptors (Lipinski definition) is 2. The van der Waals surface area contributed by atoms with Crippen molar-refractivity contribution in [3.63, 3.8) is 0 Å². The second-order valence-electron chi connectivity index (χ2n) is 2.29. The normalized spacial score (nSPS) is 11.0. The highest BCUT2D eigenvalue weighted by atomic mass is 32.2. The first-order chi connectivity index (χ1) is 6.04. The maximum Gasteiger partial charge on any atom is 0.300 e. The van der Waals surface area contributed by atoms with Gasteiger partial charge in [0.25, 0.3) is 5.97 Å². The maximum atomic E-state index is 10.8. The van der Waals surface area contributed by atoms with Gasteiger partial charge in [-0.3, -0.25) is 4.79 Å². The van der Waals surface area contributed by atoms with Crippen LogP contribution in [0, 0.1) is 0 Å². The van der Waals surface area contributed by atoms with E-state index >= 15 is 0 Å². The van der Waals surface area contributed by atoms with Gasteiger partial charge in [-0.2, -0.15) is 0 Å². The number of aliphatic carboxylic acids is 1. The van der Waals surface area contributed by atoms with Gasteiger partial charge in [-0.25, -0.2) is 0 Å². The molecule has 1 aromatic carbocycles. The summed E-state index contributed by atoms with van der Waals surface area (Å²) in [5.41, 5.74) is 0. The molecule has 1 atom stereocenters. The monoisotopic (exact) mass is 200 g/mol. The predicted molar refractivity (Wildman–Crippen MR) is 52.1 cm³/mol. The van der Waals surface area contributed by atoms with Crippen molar-refractivity contribution in [1.82, 2.24) is 0 Å². The smallest absolute Gasteiger partial charge is 0.300 e. The molecule has 0 saturated heterocycles. The molecule has 1 N–H and O–H groups in total. The number of carboxylic acids is 1. The molecule has 0 aliphatic rings. The molecule has 0 fully saturated rings. The van der Waals surface area contributed by atoms with E-state index < -0.39 is 17.1 Å². The van der Waals surface area contributed by atoms with Crippen LogP contribution in [0.4, 0.5) is 0 Å². The SMILES string of the molecule is CC(=O)O.C[S+]([O-])c1ccccc1. The summed E-state index contributed by atoms with van der Waals surface area (Å²) in [7, 11) is 0. The summed E-state index contributed by atoms with van der Waals surface area (Å²) >= 11 is -0.829. The topological polar surface area (TPSA) is 60.4 Å². The number of benzene rings is 1. The lowest BCUT2D eigenvalue weighted by atomic mass is 10.4. The molecule has 3 nitrogen and oxygen atoms in total. The Kier molecular flexibility index (Phi) is 6.01. The molecule has 0 amide bonds. The molecular weight excluding hydrogens is 188 g/mol. The molecule has 0 spiro atoms. The van der Waals surface area contributed by atoms with Gasteiger partial charge >= 0.3 is 0 Å². The summed E-state index contributed by atoms with van der Waals surface area (Å²) in [5, 5.41) is 7.42. The second kappa shape index (κ2) is 6.51. The van der Waals surface area contributed by atoms with Crippen molar-refractivity contribution in [3.8, 4) is 0 Å². The highest BCUT2D eigenvalue weighted by Crippen LogP contribution is 2.05. The van der Waals surface area contributed by atoms with Crippen LogP contribution >= 0.6 is 0 Å². The molecule has 0 aliphatic heterocycles. The van der Waals surface area contributed by atoms with Gasteiger partial charge in [-0.15, -0.1) is 0 Å². The minimum atomic E-state index is -0.833. The van der Waals surface area contributed by atoms with E-state index in [2.05, 4.69) is 0 Å². The molecule has 0 radical (unpaired) electrons. The summed E-state index contributed by atoms with van der Waals surface area (Å²) in [6.45, 7) is 1.08. The fourth-order valence-electron chi connectivity index (χ4n) is 0.612. The number of carboxylic acid groups (broad SMARTS) is 1. The van der Waals surface area contributed by atoms with E-state index in [4.69, 9.17) is 9.90 Å². The average Bonchev–Trinajstić information content (AvgIpc) is 2.05. The Labute approximate surface area is 80.6 Å². The van der Waals surface area contributed by atoms with E-state index in [1.807, 2.05) is 30.3 Å². The van der Waals surface area contributed by atoms with Gasteiger partial charge < -0.3 is 9.66 Å². The summed E-state index contributed by atoms with van der Waals surface area (Å²) < 4.78 is 10.8. The number of carbonyl (C=O) groups is 1. The van der Waals surface area contributed by atoms with Crippen LogP contribution in [0.15, 0.2) is 35.2 Å². The van der Waals surface area contributed by atoms with E-state index in [0.29, 0.717) is 0 Å². The highest BCUT2D eigenvalue weighted by molar-refractivity contribution is 7.90.